The monoisotopic (exact) mass is 295 g/mol. The lowest BCUT2D eigenvalue weighted by atomic mass is 10.2. The van der Waals surface area contributed by atoms with Crippen molar-refractivity contribution in [2.24, 2.45) is 5.92 Å². The summed E-state index contributed by atoms with van der Waals surface area (Å²) in [6.07, 6.45) is 0.446. The number of carbonyl (C=O) groups is 2. The number of carbonyl (C=O) groups excluding carboxylic acids is 2. The van der Waals surface area contributed by atoms with Gasteiger partial charge in [-0.15, -0.1) is 0 Å². The van der Waals surface area contributed by atoms with Crippen LogP contribution in [0.5, 0.6) is 0 Å². The average molecular weight is 295 g/mol. The van der Waals surface area contributed by atoms with Gasteiger partial charge in [-0.1, -0.05) is 13.8 Å². The molecule has 112 valence electrons. The lowest BCUT2D eigenvalue weighted by Gasteiger charge is -2.20. The number of esters is 2. The van der Waals surface area contributed by atoms with E-state index in [1.165, 1.54) is 0 Å². The van der Waals surface area contributed by atoms with Crippen LogP contribution in [0.3, 0.4) is 0 Å². The van der Waals surface area contributed by atoms with Gasteiger partial charge in [-0.3, -0.25) is 9.59 Å². The molecule has 0 saturated heterocycles. The molecule has 0 aromatic heterocycles. The second-order valence-electron chi connectivity index (χ2n) is 4.42. The zero-order chi connectivity index (χ0) is 15.1. The van der Waals surface area contributed by atoms with E-state index in [4.69, 9.17) is 0 Å². The Morgan fingerprint density at radius 2 is 1.47 bits per heavy atom. The summed E-state index contributed by atoms with van der Waals surface area (Å²) in [5.74, 6) is -1.37. The van der Waals surface area contributed by atoms with Gasteiger partial charge in [0, 0.05) is 0 Å². The fraction of sp³-hybridized carbons (Fsp3) is 0.818. The summed E-state index contributed by atoms with van der Waals surface area (Å²) in [4.78, 5) is 22.4. The van der Waals surface area contributed by atoms with Crippen LogP contribution >= 0.6 is 0 Å². The molecule has 0 aromatic carbocycles. The summed E-state index contributed by atoms with van der Waals surface area (Å²) in [5.41, 5.74) is 0. The number of nitrogens with zero attached hydrogens (tertiary/aromatic N) is 1. The van der Waals surface area contributed by atoms with Gasteiger partial charge in [0.1, 0.15) is 13.1 Å². The predicted octanol–water partition coefficient (Wildman–Crippen LogP) is 0.0103. The van der Waals surface area contributed by atoms with E-state index in [1.54, 1.807) is 0 Å². The zero-order valence-electron chi connectivity index (χ0n) is 11.7. The number of hydrogen-bond donors (Lipinski definition) is 0. The highest BCUT2D eigenvalue weighted by Crippen LogP contribution is 2.08. The van der Waals surface area contributed by atoms with Crippen molar-refractivity contribution in [3.63, 3.8) is 0 Å². The Bertz CT molecular complexity index is 385. The third-order valence-corrected chi connectivity index (χ3v) is 4.21. The maximum atomic E-state index is 12.0. The number of methoxy groups -OCH3 is 2. The highest BCUT2D eigenvalue weighted by atomic mass is 32.2. The van der Waals surface area contributed by atoms with Crippen molar-refractivity contribution in [3.8, 4) is 0 Å². The molecular weight excluding hydrogens is 274 g/mol. The Hall–Kier alpha value is -1.15. The van der Waals surface area contributed by atoms with Gasteiger partial charge >= 0.3 is 11.9 Å². The molecule has 7 nitrogen and oxygen atoms in total. The Balaban J connectivity index is 4.88. The second-order valence-corrected chi connectivity index (χ2v) is 6.51. The molecule has 0 spiro atoms. The predicted molar refractivity (Wildman–Crippen MR) is 68.8 cm³/mol. The molecule has 0 atom stereocenters. The normalized spacial score (nSPS) is 11.7. The molecule has 0 unspecified atom stereocenters. The molecule has 0 N–H and O–H groups in total. The average Bonchev–Trinajstić information content (AvgIpc) is 2.35. The Kier molecular flexibility index (Phi) is 7.62. The minimum Gasteiger partial charge on any atom is -0.468 e. The minimum absolute atomic E-state index is 0.126. The third-order valence-electron chi connectivity index (χ3n) is 2.41. The minimum atomic E-state index is -3.70. The summed E-state index contributed by atoms with van der Waals surface area (Å²) in [5, 5.41) is 0. The molecule has 0 heterocycles. The standard InChI is InChI=1S/C11H21NO6S/c1-9(2)5-6-19(15,16)12(7-10(13)17-3)8-11(14)18-4/h9H,5-8H2,1-4H3. The largest absolute Gasteiger partial charge is 0.468 e. The molecule has 0 amide bonds. The van der Waals surface area contributed by atoms with Crippen molar-refractivity contribution in [3.05, 3.63) is 0 Å². The lowest BCUT2D eigenvalue weighted by molar-refractivity contribution is -0.143. The van der Waals surface area contributed by atoms with Crippen molar-refractivity contribution < 1.29 is 27.5 Å². The SMILES string of the molecule is COC(=O)CN(CC(=O)OC)S(=O)(=O)CCC(C)C. The van der Waals surface area contributed by atoms with Gasteiger partial charge in [0.15, 0.2) is 0 Å². The van der Waals surface area contributed by atoms with Crippen molar-refractivity contribution in [2.45, 2.75) is 20.3 Å². The lowest BCUT2D eigenvalue weighted by Crippen LogP contribution is -2.41. The molecule has 0 bridgehead atoms. The molecule has 0 aliphatic heterocycles. The molecule has 0 fully saturated rings. The third kappa shape index (κ3) is 7.12. The van der Waals surface area contributed by atoms with Gasteiger partial charge in [-0.05, 0) is 12.3 Å². The summed E-state index contributed by atoms with van der Waals surface area (Å²) in [6.45, 7) is 2.79. The Labute approximate surface area is 113 Å². The maximum Gasteiger partial charge on any atom is 0.321 e. The molecule has 19 heavy (non-hydrogen) atoms. The van der Waals surface area contributed by atoms with Crippen LogP contribution in [0, 0.1) is 5.92 Å². The fourth-order valence-corrected chi connectivity index (χ4v) is 2.82. The first-order valence-electron chi connectivity index (χ1n) is 5.84. The number of rotatable bonds is 8. The van der Waals surface area contributed by atoms with E-state index in [0.717, 1.165) is 18.5 Å². The first-order valence-corrected chi connectivity index (χ1v) is 7.45. The van der Waals surface area contributed by atoms with Crippen LogP contribution in [0.15, 0.2) is 0 Å². The van der Waals surface area contributed by atoms with Crippen LogP contribution in [-0.2, 0) is 29.1 Å². The Morgan fingerprint density at radius 1 is 1.05 bits per heavy atom. The van der Waals surface area contributed by atoms with Crippen LogP contribution in [0.1, 0.15) is 20.3 Å². The van der Waals surface area contributed by atoms with E-state index < -0.39 is 35.1 Å². The summed E-state index contributed by atoms with van der Waals surface area (Å²) in [6, 6.07) is 0. The van der Waals surface area contributed by atoms with Crippen LogP contribution in [0.25, 0.3) is 0 Å². The van der Waals surface area contributed by atoms with Crippen molar-refractivity contribution in [1.82, 2.24) is 4.31 Å². The topological polar surface area (TPSA) is 90.0 Å². The molecule has 0 aliphatic rings. The van der Waals surface area contributed by atoms with E-state index in [2.05, 4.69) is 9.47 Å². The van der Waals surface area contributed by atoms with Gasteiger partial charge in [0.05, 0.1) is 20.0 Å². The van der Waals surface area contributed by atoms with Gasteiger partial charge < -0.3 is 9.47 Å². The number of sulfonamides is 1. The molecule has 0 aromatic rings. The molecule has 0 aliphatic carbocycles. The van der Waals surface area contributed by atoms with Crippen LogP contribution in [0.2, 0.25) is 0 Å². The van der Waals surface area contributed by atoms with Crippen molar-refractivity contribution >= 4 is 22.0 Å². The van der Waals surface area contributed by atoms with E-state index in [0.29, 0.717) is 6.42 Å². The fourth-order valence-electron chi connectivity index (χ4n) is 1.18. The molecule has 0 radical (unpaired) electrons. The zero-order valence-corrected chi connectivity index (χ0v) is 12.5. The maximum absolute atomic E-state index is 12.0. The van der Waals surface area contributed by atoms with Crippen LogP contribution in [0.4, 0.5) is 0 Å². The quantitative estimate of drug-likeness (QED) is 0.586. The first kappa shape index (κ1) is 17.8. The second kappa shape index (κ2) is 8.11. The molecular formula is C11H21NO6S. The molecule has 0 rings (SSSR count). The molecule has 8 heteroatoms. The summed E-state index contributed by atoms with van der Waals surface area (Å²) >= 11 is 0. The summed E-state index contributed by atoms with van der Waals surface area (Å²) in [7, 11) is -1.39. The van der Waals surface area contributed by atoms with Gasteiger partial charge in [-0.2, -0.15) is 4.31 Å². The number of ether oxygens (including phenoxy) is 2. The van der Waals surface area contributed by atoms with Crippen molar-refractivity contribution in [2.75, 3.05) is 33.1 Å². The Morgan fingerprint density at radius 3 is 1.79 bits per heavy atom. The van der Waals surface area contributed by atoms with E-state index >= 15 is 0 Å². The smallest absolute Gasteiger partial charge is 0.321 e. The van der Waals surface area contributed by atoms with E-state index in [-0.39, 0.29) is 11.7 Å². The highest BCUT2D eigenvalue weighted by molar-refractivity contribution is 7.89. The van der Waals surface area contributed by atoms with Crippen LogP contribution < -0.4 is 0 Å². The van der Waals surface area contributed by atoms with E-state index in [1.807, 2.05) is 13.8 Å². The van der Waals surface area contributed by atoms with E-state index in [9.17, 15) is 18.0 Å². The summed E-state index contributed by atoms with van der Waals surface area (Å²) < 4.78 is 33.7. The van der Waals surface area contributed by atoms with Gasteiger partial charge in [-0.25, -0.2) is 8.42 Å². The molecule has 0 saturated carbocycles. The van der Waals surface area contributed by atoms with Gasteiger partial charge in [0.25, 0.3) is 0 Å². The first-order chi connectivity index (χ1) is 8.72. The van der Waals surface area contributed by atoms with Gasteiger partial charge in [0.2, 0.25) is 10.0 Å². The van der Waals surface area contributed by atoms with Crippen LogP contribution in [-0.4, -0.2) is 57.7 Å². The van der Waals surface area contributed by atoms with Crippen molar-refractivity contribution in [1.29, 1.82) is 0 Å². The highest BCUT2D eigenvalue weighted by Gasteiger charge is 2.27. The number of hydrogen-bond acceptors (Lipinski definition) is 6.